The van der Waals surface area contributed by atoms with Crippen molar-refractivity contribution in [2.24, 2.45) is 5.41 Å². The fourth-order valence-corrected chi connectivity index (χ4v) is 19.0. The zero-order valence-corrected chi connectivity index (χ0v) is 14.7. The summed E-state index contributed by atoms with van der Waals surface area (Å²) in [4.78, 5) is 0. The monoisotopic (exact) mass is 372 g/mol. The Kier molecular flexibility index (Phi) is 3.13. The van der Waals surface area contributed by atoms with Crippen LogP contribution in [0.5, 0.6) is 0 Å². The average Bonchev–Trinajstić information content (AvgIpc) is 2.38. The number of hydrogen-bond donors (Lipinski definition) is 0. The molecule has 2 saturated heterocycles. The Balaban J connectivity index is 1.38. The van der Waals surface area contributed by atoms with Crippen LogP contribution in [0.2, 0.25) is 20.8 Å². The Bertz CT molecular complexity index is 495. The van der Waals surface area contributed by atoms with Crippen LogP contribution in [0.25, 0.3) is 0 Å². The zero-order chi connectivity index (χ0) is 12.7. The molecular weight excluding hydrogens is 354 g/mol. The summed E-state index contributed by atoms with van der Waals surface area (Å²) in [5, 5.41) is 6.40. The van der Waals surface area contributed by atoms with Crippen molar-refractivity contribution in [3.8, 4) is 0 Å². The fraction of sp³-hybridized carbons (Fsp3) is 0.294. The maximum atomic E-state index is 2.37. The van der Waals surface area contributed by atoms with E-state index >= 15 is 0 Å². The van der Waals surface area contributed by atoms with Crippen LogP contribution in [0.1, 0.15) is 0 Å². The van der Waals surface area contributed by atoms with Crippen LogP contribution >= 0.6 is 0 Å². The van der Waals surface area contributed by atoms with Crippen molar-refractivity contribution >= 4 is 38.0 Å². The number of rotatable bonds is 2. The van der Waals surface area contributed by atoms with Gasteiger partial charge in [0.05, 0.1) is 0 Å². The summed E-state index contributed by atoms with van der Waals surface area (Å²) in [7, 11) is 0. The number of hydrogen-bond acceptors (Lipinski definition) is 0. The van der Waals surface area contributed by atoms with E-state index in [0.29, 0.717) is 0 Å². The van der Waals surface area contributed by atoms with Crippen LogP contribution < -0.4 is 8.70 Å². The molecular formula is C17H18As2. The molecule has 2 aromatic carbocycles. The number of benzene rings is 2. The summed E-state index contributed by atoms with van der Waals surface area (Å²) in [6.07, 6.45) is 0. The second-order valence-corrected chi connectivity index (χ2v) is 15.2. The Labute approximate surface area is 124 Å². The molecule has 0 radical (unpaired) electrons. The van der Waals surface area contributed by atoms with Crippen molar-refractivity contribution in [1.29, 1.82) is 0 Å². The molecule has 0 aromatic heterocycles. The molecule has 0 N–H and O–H groups in total. The van der Waals surface area contributed by atoms with Gasteiger partial charge in [-0.05, 0) is 0 Å². The Morgan fingerprint density at radius 1 is 0.579 bits per heavy atom. The first-order valence-electron chi connectivity index (χ1n) is 6.95. The van der Waals surface area contributed by atoms with E-state index in [1.807, 2.05) is 0 Å². The molecule has 0 unspecified atom stereocenters. The molecule has 2 heteroatoms. The van der Waals surface area contributed by atoms with E-state index in [-0.39, 0.29) is 0 Å². The summed E-state index contributed by atoms with van der Waals surface area (Å²) in [5.41, 5.74) is 0.825. The van der Waals surface area contributed by atoms with E-state index in [1.165, 1.54) is 0 Å². The van der Waals surface area contributed by atoms with Crippen molar-refractivity contribution < 1.29 is 0 Å². The first kappa shape index (κ1) is 12.3. The van der Waals surface area contributed by atoms with Gasteiger partial charge in [-0.15, -0.1) is 0 Å². The van der Waals surface area contributed by atoms with Gasteiger partial charge >= 0.3 is 125 Å². The topological polar surface area (TPSA) is 0 Å². The van der Waals surface area contributed by atoms with Gasteiger partial charge < -0.3 is 0 Å². The van der Waals surface area contributed by atoms with Gasteiger partial charge in [-0.2, -0.15) is 0 Å². The molecule has 0 aliphatic carbocycles. The van der Waals surface area contributed by atoms with Gasteiger partial charge in [0, 0.05) is 0 Å². The third kappa shape index (κ3) is 2.24. The van der Waals surface area contributed by atoms with Crippen LogP contribution in [-0.2, 0) is 0 Å². The molecule has 2 aromatic rings. The minimum absolute atomic E-state index is 0.618. The van der Waals surface area contributed by atoms with Crippen molar-refractivity contribution in [2.45, 2.75) is 20.8 Å². The predicted molar refractivity (Wildman–Crippen MR) is 85.3 cm³/mol. The minimum atomic E-state index is -0.618. The molecule has 0 amide bonds. The second-order valence-electron chi connectivity index (χ2n) is 5.88. The molecule has 0 bridgehead atoms. The van der Waals surface area contributed by atoms with E-state index in [4.69, 9.17) is 0 Å². The van der Waals surface area contributed by atoms with Gasteiger partial charge in [-0.3, -0.25) is 0 Å². The third-order valence-corrected chi connectivity index (χ3v) is 17.5. The van der Waals surface area contributed by atoms with Crippen molar-refractivity contribution in [3.63, 3.8) is 0 Å². The van der Waals surface area contributed by atoms with Crippen LogP contribution in [0.15, 0.2) is 60.7 Å². The third-order valence-electron chi connectivity index (χ3n) is 4.35. The molecule has 0 atom stereocenters. The van der Waals surface area contributed by atoms with Crippen LogP contribution in [0.4, 0.5) is 0 Å². The average molecular weight is 372 g/mol. The quantitative estimate of drug-likeness (QED) is 0.712. The Morgan fingerprint density at radius 3 is 1.32 bits per heavy atom. The molecule has 2 fully saturated rings. The second kappa shape index (κ2) is 4.83. The molecule has 2 aliphatic rings. The van der Waals surface area contributed by atoms with E-state index in [0.717, 1.165) is 5.41 Å². The van der Waals surface area contributed by atoms with Gasteiger partial charge in [0.1, 0.15) is 0 Å². The van der Waals surface area contributed by atoms with Crippen LogP contribution in [0, 0.1) is 5.41 Å². The van der Waals surface area contributed by atoms with Gasteiger partial charge in [0.25, 0.3) is 0 Å². The van der Waals surface area contributed by atoms with E-state index in [2.05, 4.69) is 60.7 Å². The molecule has 2 heterocycles. The van der Waals surface area contributed by atoms with E-state index in [9.17, 15) is 0 Å². The first-order valence-corrected chi connectivity index (χ1v) is 14.1. The Morgan fingerprint density at radius 2 is 0.947 bits per heavy atom. The van der Waals surface area contributed by atoms with E-state index in [1.54, 1.807) is 29.5 Å². The summed E-state index contributed by atoms with van der Waals surface area (Å²) in [6, 6.07) is 22.7. The van der Waals surface area contributed by atoms with Crippen LogP contribution in [-0.4, -0.2) is 29.3 Å². The standard InChI is InChI=1S/C17H18As2/c1-3-7-15(8-4-1)18-11-17(12-18)13-19(14-17)16-9-5-2-6-10-16/h1-10H,11-14H2. The molecule has 19 heavy (non-hydrogen) atoms. The van der Waals surface area contributed by atoms with Gasteiger partial charge in [-0.1, -0.05) is 0 Å². The predicted octanol–water partition coefficient (Wildman–Crippen LogP) is 2.80. The summed E-state index contributed by atoms with van der Waals surface area (Å²) in [5.74, 6) is 0. The van der Waals surface area contributed by atoms with Gasteiger partial charge in [0.2, 0.25) is 0 Å². The molecule has 0 nitrogen and oxygen atoms in total. The van der Waals surface area contributed by atoms with Crippen LogP contribution in [0.3, 0.4) is 0 Å². The van der Waals surface area contributed by atoms with Crippen molar-refractivity contribution in [1.82, 2.24) is 0 Å². The molecule has 2 aliphatic heterocycles. The van der Waals surface area contributed by atoms with Gasteiger partial charge in [-0.25, -0.2) is 0 Å². The normalized spacial score (nSPS) is 32.6. The molecule has 0 saturated carbocycles. The van der Waals surface area contributed by atoms with Gasteiger partial charge in [0.15, 0.2) is 0 Å². The first-order chi connectivity index (χ1) is 9.35. The summed E-state index contributed by atoms with van der Waals surface area (Å²) >= 11 is -1.24. The zero-order valence-electron chi connectivity index (χ0n) is 11.0. The molecule has 4 rings (SSSR count). The summed E-state index contributed by atoms with van der Waals surface area (Å²) in [6.45, 7) is 0. The fourth-order valence-electron chi connectivity index (χ4n) is 3.37. The molecule has 1 spiro atoms. The van der Waals surface area contributed by atoms with Crippen molar-refractivity contribution in [3.05, 3.63) is 60.7 Å². The maximum absolute atomic E-state index is 2.37. The molecule has 96 valence electrons. The van der Waals surface area contributed by atoms with Crippen molar-refractivity contribution in [2.75, 3.05) is 0 Å². The Hall–Kier alpha value is -0.443. The van der Waals surface area contributed by atoms with E-state index < -0.39 is 29.3 Å². The SMILES string of the molecule is c1ccc([As]2CC3(C2)C[As](c2ccccc2)C3)cc1. The summed E-state index contributed by atoms with van der Waals surface area (Å²) < 4.78 is 3.43.